The first-order valence-electron chi connectivity index (χ1n) is 7.26. The highest BCUT2D eigenvalue weighted by Crippen LogP contribution is 2.16. The van der Waals surface area contributed by atoms with Crippen LogP contribution in [-0.2, 0) is 19.4 Å². The monoisotopic (exact) mass is 355 g/mol. The molecule has 1 amide bonds. The summed E-state index contributed by atoms with van der Waals surface area (Å²) in [5.41, 5.74) is 0.160. The fraction of sp³-hybridized carbons (Fsp3) is 0.375. The van der Waals surface area contributed by atoms with E-state index in [1.54, 1.807) is 13.8 Å². The topological polar surface area (TPSA) is 110 Å². The first-order chi connectivity index (χ1) is 11.2. The van der Waals surface area contributed by atoms with E-state index >= 15 is 0 Å². The molecule has 0 aliphatic heterocycles. The molecule has 1 rings (SSSR count). The van der Waals surface area contributed by atoms with Gasteiger partial charge < -0.3 is 15.2 Å². The van der Waals surface area contributed by atoms with Crippen LogP contribution in [0.2, 0.25) is 0 Å². The highest BCUT2D eigenvalue weighted by molar-refractivity contribution is 7.92. The molecule has 0 bridgehead atoms. The number of hydrogen-bond acceptors (Lipinski definition) is 5. The van der Waals surface area contributed by atoms with Crippen LogP contribution in [0.25, 0.3) is 0 Å². The Balaban J connectivity index is 2.84. The summed E-state index contributed by atoms with van der Waals surface area (Å²) >= 11 is 0. The van der Waals surface area contributed by atoms with Crippen molar-refractivity contribution >= 4 is 21.7 Å². The van der Waals surface area contributed by atoms with Gasteiger partial charge in [-0.05, 0) is 38.1 Å². The van der Waals surface area contributed by atoms with Gasteiger partial charge in [0.2, 0.25) is 0 Å². The summed E-state index contributed by atoms with van der Waals surface area (Å²) in [6.45, 7) is 6.54. The Morgan fingerprint density at radius 1 is 1.29 bits per heavy atom. The maximum absolute atomic E-state index is 12.1. The molecule has 1 aromatic carbocycles. The van der Waals surface area contributed by atoms with E-state index in [-0.39, 0.29) is 23.7 Å². The number of aliphatic carboxylic acids is 1. The van der Waals surface area contributed by atoms with E-state index in [1.807, 2.05) is 0 Å². The molecule has 0 aliphatic carbocycles. The maximum atomic E-state index is 12.1. The van der Waals surface area contributed by atoms with Crippen LogP contribution in [0, 0.1) is 0 Å². The molecule has 1 aromatic rings. The number of carboxylic acids is 1. The quantitative estimate of drug-likeness (QED) is 0.510. The zero-order valence-corrected chi connectivity index (χ0v) is 14.4. The van der Waals surface area contributed by atoms with Crippen molar-refractivity contribution in [2.24, 2.45) is 0 Å². The first kappa shape index (κ1) is 19.9. The normalized spacial score (nSPS) is 12.6. The van der Waals surface area contributed by atoms with Crippen molar-refractivity contribution in [3.05, 3.63) is 42.5 Å². The van der Waals surface area contributed by atoms with Gasteiger partial charge >= 0.3 is 5.97 Å². The fourth-order valence-corrected chi connectivity index (χ4v) is 2.81. The molecule has 8 heteroatoms. The van der Waals surface area contributed by atoms with Crippen molar-refractivity contribution in [3.63, 3.8) is 0 Å². The molecule has 7 nitrogen and oxygen atoms in total. The molecular formula is C16H21NO6S. The lowest BCUT2D eigenvalue weighted by Gasteiger charge is -2.14. The van der Waals surface area contributed by atoms with Crippen LogP contribution < -0.4 is 5.32 Å². The van der Waals surface area contributed by atoms with Gasteiger partial charge in [0, 0.05) is 5.56 Å². The molecule has 0 aliphatic rings. The highest BCUT2D eigenvalue weighted by atomic mass is 32.2. The van der Waals surface area contributed by atoms with Crippen molar-refractivity contribution in [1.82, 2.24) is 5.32 Å². The lowest BCUT2D eigenvalue weighted by molar-refractivity contribution is -0.140. The average Bonchev–Trinajstić information content (AvgIpc) is 2.53. The zero-order chi connectivity index (χ0) is 18.3. The number of sulfone groups is 1. The third-order valence-electron chi connectivity index (χ3n) is 3.19. The first-order valence-corrected chi connectivity index (χ1v) is 8.81. The summed E-state index contributed by atoms with van der Waals surface area (Å²) in [5.74, 6) is -1.86. The number of amides is 1. The summed E-state index contributed by atoms with van der Waals surface area (Å²) in [5, 5.41) is 10.8. The SMILES string of the molecule is C=CCOCC(NC(=O)c1ccc(S(=O)(=O)C(C)C)cc1)C(=O)O. The van der Waals surface area contributed by atoms with Gasteiger partial charge in [0.05, 0.1) is 23.4 Å². The number of carbonyl (C=O) groups is 2. The van der Waals surface area contributed by atoms with Crippen LogP contribution in [-0.4, -0.2) is 49.9 Å². The standard InChI is InChI=1S/C16H21NO6S/c1-4-9-23-10-14(16(19)20)17-15(18)12-5-7-13(8-6-12)24(21,22)11(2)3/h4-8,11,14H,1,9-10H2,2-3H3,(H,17,18)(H,19,20). The van der Waals surface area contributed by atoms with Crippen molar-refractivity contribution in [2.45, 2.75) is 30.0 Å². The van der Waals surface area contributed by atoms with Gasteiger partial charge in [0.1, 0.15) is 0 Å². The lowest BCUT2D eigenvalue weighted by Crippen LogP contribution is -2.44. The Morgan fingerprint density at radius 3 is 2.33 bits per heavy atom. The second-order valence-corrected chi connectivity index (χ2v) is 7.81. The Hall–Kier alpha value is -2.19. The maximum Gasteiger partial charge on any atom is 0.328 e. The van der Waals surface area contributed by atoms with Crippen molar-refractivity contribution in [1.29, 1.82) is 0 Å². The molecule has 0 radical (unpaired) electrons. The van der Waals surface area contributed by atoms with Gasteiger partial charge in [0.15, 0.2) is 15.9 Å². The molecule has 1 atom stereocenters. The molecule has 132 valence electrons. The molecule has 0 saturated carbocycles. The van der Waals surface area contributed by atoms with Crippen LogP contribution in [0.4, 0.5) is 0 Å². The van der Waals surface area contributed by atoms with Gasteiger partial charge in [-0.2, -0.15) is 0 Å². The molecule has 0 spiro atoms. The number of carboxylic acid groups (broad SMARTS) is 1. The number of carbonyl (C=O) groups excluding carboxylic acids is 1. The van der Waals surface area contributed by atoms with Gasteiger partial charge in [0.25, 0.3) is 5.91 Å². The number of nitrogens with one attached hydrogen (secondary N) is 1. The van der Waals surface area contributed by atoms with Crippen LogP contribution in [0.15, 0.2) is 41.8 Å². The Morgan fingerprint density at radius 2 is 1.88 bits per heavy atom. The fourth-order valence-electron chi connectivity index (χ4n) is 1.75. The van der Waals surface area contributed by atoms with Crippen molar-refractivity contribution in [3.8, 4) is 0 Å². The number of benzene rings is 1. The van der Waals surface area contributed by atoms with Crippen LogP contribution >= 0.6 is 0 Å². The summed E-state index contributed by atoms with van der Waals surface area (Å²) in [7, 11) is -3.43. The van der Waals surface area contributed by atoms with Crippen LogP contribution in [0.1, 0.15) is 24.2 Å². The zero-order valence-electron chi connectivity index (χ0n) is 13.6. The molecule has 2 N–H and O–H groups in total. The summed E-state index contributed by atoms with van der Waals surface area (Å²) in [6, 6.07) is 4.13. The minimum absolute atomic E-state index is 0.109. The Kier molecular flexibility index (Phi) is 7.12. The van der Waals surface area contributed by atoms with Crippen molar-refractivity contribution < 1.29 is 27.9 Å². The van der Waals surface area contributed by atoms with Gasteiger partial charge in [-0.15, -0.1) is 6.58 Å². The van der Waals surface area contributed by atoms with Crippen LogP contribution in [0.5, 0.6) is 0 Å². The van der Waals surface area contributed by atoms with E-state index in [2.05, 4.69) is 11.9 Å². The predicted octanol–water partition coefficient (Wildman–Crippen LogP) is 1.25. The molecule has 0 saturated heterocycles. The van der Waals surface area contributed by atoms with Gasteiger partial charge in [-0.3, -0.25) is 4.79 Å². The third-order valence-corrected chi connectivity index (χ3v) is 5.36. The number of hydrogen-bond donors (Lipinski definition) is 2. The number of ether oxygens (including phenoxy) is 1. The molecule has 0 fully saturated rings. The van der Waals surface area contributed by atoms with E-state index < -0.39 is 33.0 Å². The molecule has 0 aromatic heterocycles. The van der Waals surface area contributed by atoms with E-state index in [1.165, 1.54) is 30.3 Å². The highest BCUT2D eigenvalue weighted by Gasteiger charge is 2.22. The van der Waals surface area contributed by atoms with Gasteiger partial charge in [-0.25, -0.2) is 13.2 Å². The summed E-state index contributed by atoms with van der Waals surface area (Å²) < 4.78 is 29.1. The van der Waals surface area contributed by atoms with E-state index in [9.17, 15) is 18.0 Å². The minimum atomic E-state index is -3.43. The molecule has 1 unspecified atom stereocenters. The predicted molar refractivity (Wildman–Crippen MR) is 88.7 cm³/mol. The van der Waals surface area contributed by atoms with Crippen LogP contribution in [0.3, 0.4) is 0 Å². The second-order valence-electron chi connectivity index (χ2n) is 5.31. The molecule has 24 heavy (non-hydrogen) atoms. The van der Waals surface area contributed by atoms with Crippen molar-refractivity contribution in [2.75, 3.05) is 13.2 Å². The smallest absolute Gasteiger partial charge is 0.328 e. The van der Waals surface area contributed by atoms with E-state index in [4.69, 9.17) is 9.84 Å². The summed E-state index contributed by atoms with van der Waals surface area (Å²) in [4.78, 5) is 23.3. The Bertz CT molecular complexity index is 694. The largest absolute Gasteiger partial charge is 0.480 e. The second kappa shape index (κ2) is 8.60. The Labute approximate surface area is 141 Å². The van der Waals surface area contributed by atoms with E-state index in [0.29, 0.717) is 0 Å². The van der Waals surface area contributed by atoms with Gasteiger partial charge in [-0.1, -0.05) is 6.08 Å². The average molecular weight is 355 g/mol. The third kappa shape index (κ3) is 5.17. The van der Waals surface area contributed by atoms with E-state index in [0.717, 1.165) is 0 Å². The lowest BCUT2D eigenvalue weighted by atomic mass is 10.2. The molecule has 0 heterocycles. The summed E-state index contributed by atoms with van der Waals surface area (Å²) in [6.07, 6.45) is 1.47. The molecular weight excluding hydrogens is 334 g/mol. The number of rotatable bonds is 9. The minimum Gasteiger partial charge on any atom is -0.480 e.